The minimum absolute atomic E-state index is 0.0625. The fourth-order valence-corrected chi connectivity index (χ4v) is 4.85. The SMILES string of the molecule is Cc1ccc(C(=O)CCC(=O)NC[C@H]2CN(c3ccccc3C3CCNCC3F)C(=O)O2)c(C)c1. The van der Waals surface area contributed by atoms with Crippen LogP contribution in [-0.2, 0) is 9.53 Å². The second-order valence-corrected chi connectivity index (χ2v) is 9.34. The van der Waals surface area contributed by atoms with E-state index in [1.54, 1.807) is 6.07 Å². The average molecular weight is 482 g/mol. The molecule has 0 bridgehead atoms. The molecule has 7 nitrogen and oxygen atoms in total. The number of aryl methyl sites for hydroxylation is 2. The number of nitrogens with one attached hydrogen (secondary N) is 2. The highest BCUT2D eigenvalue weighted by molar-refractivity contribution is 5.99. The summed E-state index contributed by atoms with van der Waals surface area (Å²) in [5.74, 6) is -0.626. The number of ether oxygens (including phenoxy) is 1. The van der Waals surface area contributed by atoms with Crippen LogP contribution in [0.25, 0.3) is 0 Å². The predicted octanol–water partition coefficient (Wildman–Crippen LogP) is 3.82. The molecule has 0 aliphatic carbocycles. The maximum Gasteiger partial charge on any atom is 0.414 e. The molecule has 0 radical (unpaired) electrons. The van der Waals surface area contributed by atoms with Crippen molar-refractivity contribution in [2.45, 2.75) is 51.3 Å². The third kappa shape index (κ3) is 5.88. The first-order chi connectivity index (χ1) is 16.8. The molecule has 2 amide bonds. The molecule has 2 fully saturated rings. The Balaban J connectivity index is 1.31. The molecule has 0 saturated carbocycles. The molecule has 4 rings (SSSR count). The van der Waals surface area contributed by atoms with Crippen LogP contribution in [0.2, 0.25) is 0 Å². The Morgan fingerprint density at radius 3 is 2.74 bits per heavy atom. The number of alkyl halides is 1. The minimum Gasteiger partial charge on any atom is -0.442 e. The number of nitrogens with zero attached hydrogens (tertiary/aromatic N) is 1. The molecule has 0 spiro atoms. The molecule has 2 aromatic carbocycles. The summed E-state index contributed by atoms with van der Waals surface area (Å²) in [6, 6.07) is 13.0. The molecule has 2 saturated heterocycles. The van der Waals surface area contributed by atoms with Crippen LogP contribution in [0.1, 0.15) is 52.2 Å². The van der Waals surface area contributed by atoms with E-state index in [0.29, 0.717) is 24.2 Å². The van der Waals surface area contributed by atoms with Gasteiger partial charge in [-0.05, 0) is 44.0 Å². The molecular weight excluding hydrogens is 449 g/mol. The van der Waals surface area contributed by atoms with Crippen LogP contribution >= 0.6 is 0 Å². The van der Waals surface area contributed by atoms with E-state index in [4.69, 9.17) is 4.74 Å². The lowest BCUT2D eigenvalue weighted by Crippen LogP contribution is -2.38. The van der Waals surface area contributed by atoms with Crippen LogP contribution in [0.3, 0.4) is 0 Å². The van der Waals surface area contributed by atoms with Gasteiger partial charge in [-0.15, -0.1) is 0 Å². The Morgan fingerprint density at radius 1 is 1.17 bits per heavy atom. The first kappa shape index (κ1) is 24.9. The number of rotatable bonds is 8. The van der Waals surface area contributed by atoms with E-state index in [9.17, 15) is 18.8 Å². The highest BCUT2D eigenvalue weighted by Gasteiger charge is 2.36. The molecule has 2 N–H and O–H groups in total. The lowest BCUT2D eigenvalue weighted by molar-refractivity contribution is -0.121. The van der Waals surface area contributed by atoms with Crippen molar-refractivity contribution in [1.29, 1.82) is 0 Å². The Labute approximate surface area is 205 Å². The van der Waals surface area contributed by atoms with Gasteiger partial charge in [-0.3, -0.25) is 14.5 Å². The summed E-state index contributed by atoms with van der Waals surface area (Å²) >= 11 is 0. The summed E-state index contributed by atoms with van der Waals surface area (Å²) in [5.41, 5.74) is 4.07. The maximum absolute atomic E-state index is 14.6. The van der Waals surface area contributed by atoms with Gasteiger partial charge >= 0.3 is 6.09 Å². The molecule has 2 aliphatic rings. The summed E-state index contributed by atoms with van der Waals surface area (Å²) in [6.45, 7) is 5.29. The largest absolute Gasteiger partial charge is 0.442 e. The van der Waals surface area contributed by atoms with Gasteiger partial charge in [0.05, 0.1) is 18.8 Å². The summed E-state index contributed by atoms with van der Waals surface area (Å²) in [7, 11) is 0. The van der Waals surface area contributed by atoms with E-state index >= 15 is 0 Å². The Morgan fingerprint density at radius 2 is 1.97 bits per heavy atom. The number of piperidine rings is 1. The second-order valence-electron chi connectivity index (χ2n) is 9.34. The number of benzene rings is 2. The fraction of sp³-hybridized carbons (Fsp3) is 0.444. The van der Waals surface area contributed by atoms with E-state index in [-0.39, 0.29) is 43.5 Å². The number of ketones is 1. The van der Waals surface area contributed by atoms with Gasteiger partial charge in [-0.1, -0.05) is 42.0 Å². The van der Waals surface area contributed by atoms with E-state index in [0.717, 1.165) is 23.2 Å². The number of cyclic esters (lactones) is 1. The number of halogens is 1. The summed E-state index contributed by atoms with van der Waals surface area (Å²) < 4.78 is 20.1. The number of hydrogen-bond donors (Lipinski definition) is 2. The molecule has 2 aliphatic heterocycles. The smallest absolute Gasteiger partial charge is 0.414 e. The number of hydrogen-bond acceptors (Lipinski definition) is 5. The lowest BCUT2D eigenvalue weighted by atomic mass is 9.87. The molecule has 3 atom stereocenters. The highest BCUT2D eigenvalue weighted by atomic mass is 19.1. The van der Waals surface area contributed by atoms with E-state index < -0.39 is 18.4 Å². The highest BCUT2D eigenvalue weighted by Crippen LogP contribution is 2.36. The number of para-hydroxylation sites is 1. The lowest BCUT2D eigenvalue weighted by Gasteiger charge is -2.30. The Bertz CT molecular complexity index is 1110. The van der Waals surface area contributed by atoms with Crippen LogP contribution in [0.4, 0.5) is 14.9 Å². The summed E-state index contributed by atoms with van der Waals surface area (Å²) in [5, 5.41) is 5.83. The van der Waals surface area contributed by atoms with Crippen molar-refractivity contribution in [2.75, 3.05) is 31.1 Å². The van der Waals surface area contributed by atoms with Crippen LogP contribution in [-0.4, -0.2) is 56.2 Å². The van der Waals surface area contributed by atoms with Crippen LogP contribution in [0, 0.1) is 13.8 Å². The zero-order chi connectivity index (χ0) is 24.9. The van der Waals surface area contributed by atoms with Crippen molar-refractivity contribution < 1.29 is 23.5 Å². The molecular formula is C27H32FN3O4. The predicted molar refractivity (Wildman–Crippen MR) is 132 cm³/mol. The molecule has 35 heavy (non-hydrogen) atoms. The van der Waals surface area contributed by atoms with Gasteiger partial charge in [0, 0.05) is 30.9 Å². The minimum atomic E-state index is -1.02. The van der Waals surface area contributed by atoms with Crippen molar-refractivity contribution in [2.24, 2.45) is 0 Å². The molecule has 2 aromatic rings. The first-order valence-electron chi connectivity index (χ1n) is 12.1. The molecule has 8 heteroatoms. The van der Waals surface area contributed by atoms with Gasteiger partial charge in [0.2, 0.25) is 5.91 Å². The molecule has 0 aromatic heterocycles. The van der Waals surface area contributed by atoms with Crippen molar-refractivity contribution in [3.63, 3.8) is 0 Å². The molecule has 2 unspecified atom stereocenters. The maximum atomic E-state index is 14.6. The Hall–Kier alpha value is -3.26. The zero-order valence-electron chi connectivity index (χ0n) is 20.2. The second kappa shape index (κ2) is 11.0. The number of Topliss-reactive ketones (excluding diaryl/α,β-unsaturated/α-hetero) is 1. The first-order valence-corrected chi connectivity index (χ1v) is 12.1. The van der Waals surface area contributed by atoms with E-state index in [2.05, 4.69) is 10.6 Å². The topological polar surface area (TPSA) is 87.7 Å². The molecule has 186 valence electrons. The van der Waals surface area contributed by atoms with Crippen molar-refractivity contribution in [3.05, 3.63) is 64.7 Å². The monoisotopic (exact) mass is 481 g/mol. The van der Waals surface area contributed by atoms with Gasteiger partial charge < -0.3 is 15.4 Å². The van der Waals surface area contributed by atoms with E-state index in [1.807, 2.05) is 50.2 Å². The van der Waals surface area contributed by atoms with Crippen molar-refractivity contribution in [1.82, 2.24) is 10.6 Å². The zero-order valence-corrected chi connectivity index (χ0v) is 20.2. The number of carbonyl (C=O) groups is 3. The third-order valence-corrected chi connectivity index (χ3v) is 6.70. The Kier molecular flexibility index (Phi) is 7.80. The quantitative estimate of drug-likeness (QED) is 0.560. The standard InChI is InChI=1S/C27H32FN3O4/c1-17-7-8-20(18(2)13-17)25(32)9-10-26(33)30-14-19-16-31(27(34)35-19)24-6-4-3-5-22(24)21-11-12-29-15-23(21)28/h3-8,13,19,21,23,29H,9-12,14-16H2,1-2H3,(H,30,33)/t19-,21?,23?/m0/s1. The van der Waals surface area contributed by atoms with Crippen LogP contribution in [0.15, 0.2) is 42.5 Å². The van der Waals surface area contributed by atoms with Crippen LogP contribution in [0.5, 0.6) is 0 Å². The number of carbonyl (C=O) groups excluding carboxylic acids is 3. The fourth-order valence-electron chi connectivity index (χ4n) is 4.85. The average Bonchev–Trinajstić information content (AvgIpc) is 3.22. The third-order valence-electron chi connectivity index (χ3n) is 6.70. The normalized spacial score (nSPS) is 22.1. The van der Waals surface area contributed by atoms with E-state index in [1.165, 1.54) is 4.90 Å². The van der Waals surface area contributed by atoms with Gasteiger partial charge in [-0.2, -0.15) is 0 Å². The van der Waals surface area contributed by atoms with Gasteiger partial charge in [0.25, 0.3) is 0 Å². The van der Waals surface area contributed by atoms with Gasteiger partial charge in [0.1, 0.15) is 12.3 Å². The van der Waals surface area contributed by atoms with Crippen molar-refractivity contribution >= 4 is 23.5 Å². The summed E-state index contributed by atoms with van der Waals surface area (Å²) in [4.78, 5) is 39.0. The molecule has 2 heterocycles. The summed E-state index contributed by atoms with van der Waals surface area (Å²) in [6.07, 6.45) is -1.23. The number of anilines is 1. The van der Waals surface area contributed by atoms with Gasteiger partial charge in [0.15, 0.2) is 5.78 Å². The van der Waals surface area contributed by atoms with Gasteiger partial charge in [-0.25, -0.2) is 9.18 Å². The van der Waals surface area contributed by atoms with Crippen LogP contribution < -0.4 is 15.5 Å². The van der Waals surface area contributed by atoms with Crippen molar-refractivity contribution in [3.8, 4) is 0 Å². The number of amides is 2.